The lowest BCUT2D eigenvalue weighted by atomic mass is 9.79. The molecule has 1 N–H and O–H groups in total. The van der Waals surface area contributed by atoms with Gasteiger partial charge in [-0.05, 0) is 42.0 Å². The van der Waals surface area contributed by atoms with E-state index >= 15 is 0 Å². The van der Waals surface area contributed by atoms with E-state index in [4.69, 9.17) is 21.3 Å². The van der Waals surface area contributed by atoms with Crippen LogP contribution in [0.1, 0.15) is 30.0 Å². The van der Waals surface area contributed by atoms with Crippen LogP contribution in [0.3, 0.4) is 0 Å². The number of halogens is 1. The Labute approximate surface area is 200 Å². The molecule has 1 saturated carbocycles. The second-order valence-corrected chi connectivity index (χ2v) is 9.62. The van der Waals surface area contributed by atoms with Crippen molar-refractivity contribution in [1.29, 1.82) is 0 Å². The summed E-state index contributed by atoms with van der Waals surface area (Å²) in [5.41, 5.74) is 0.905. The molecule has 2 fully saturated rings. The maximum absolute atomic E-state index is 14.0. The molecule has 1 saturated heterocycles. The number of nitrogens with zero attached hydrogens (tertiary/aromatic N) is 3. The van der Waals surface area contributed by atoms with Gasteiger partial charge in [0.05, 0.1) is 25.6 Å². The van der Waals surface area contributed by atoms with Crippen LogP contribution in [-0.4, -0.2) is 68.0 Å². The second kappa shape index (κ2) is 9.84. The predicted molar refractivity (Wildman–Crippen MR) is 131 cm³/mol. The van der Waals surface area contributed by atoms with E-state index in [2.05, 4.69) is 15.1 Å². The first-order chi connectivity index (χ1) is 16.2. The zero-order chi connectivity index (χ0) is 22.7. The molecule has 0 aromatic heterocycles. The molecule has 7 heteroatoms. The minimum Gasteiger partial charge on any atom is -0.379 e. The first kappa shape index (κ1) is 22.4. The lowest BCUT2D eigenvalue weighted by Crippen LogP contribution is -2.50. The van der Waals surface area contributed by atoms with Crippen LogP contribution < -0.4 is 5.32 Å². The van der Waals surface area contributed by atoms with E-state index in [0.29, 0.717) is 17.5 Å². The summed E-state index contributed by atoms with van der Waals surface area (Å²) in [5.74, 6) is 0.610. The van der Waals surface area contributed by atoms with Crippen LogP contribution in [0.4, 0.5) is 0 Å². The largest absolute Gasteiger partial charge is 0.379 e. The third-order valence-corrected chi connectivity index (χ3v) is 7.12. The van der Waals surface area contributed by atoms with Crippen LogP contribution in [0.15, 0.2) is 59.6 Å². The van der Waals surface area contributed by atoms with Crippen LogP contribution in [-0.2, 0) is 15.1 Å². The summed E-state index contributed by atoms with van der Waals surface area (Å²) in [6.45, 7) is 5.61. The molecule has 2 heterocycles. The van der Waals surface area contributed by atoms with Gasteiger partial charge in [-0.3, -0.25) is 14.7 Å². The summed E-state index contributed by atoms with van der Waals surface area (Å²) in [7, 11) is 0. The number of morpholine rings is 1. The number of carbonyl (C=O) groups is 1. The fourth-order valence-corrected chi connectivity index (χ4v) is 5.02. The highest BCUT2D eigenvalue weighted by Crippen LogP contribution is 2.47. The monoisotopic (exact) mass is 466 g/mol. The third kappa shape index (κ3) is 4.79. The zero-order valence-electron chi connectivity index (χ0n) is 18.8. The first-order valence-corrected chi connectivity index (χ1v) is 12.2. The SMILES string of the molecule is O=C(NCCN1CCOCC1)[C@]1(c2ccccc2)N=CN(CC2CC2)[C@H]1c1ccc(Cl)cc1. The van der Waals surface area contributed by atoms with Gasteiger partial charge in [0, 0.05) is 37.7 Å². The third-order valence-electron chi connectivity index (χ3n) is 6.87. The molecule has 33 heavy (non-hydrogen) atoms. The molecule has 0 spiro atoms. The zero-order valence-corrected chi connectivity index (χ0v) is 19.6. The summed E-state index contributed by atoms with van der Waals surface area (Å²) >= 11 is 6.20. The predicted octanol–water partition coefficient (Wildman–Crippen LogP) is 3.48. The van der Waals surface area contributed by atoms with Crippen molar-refractivity contribution in [2.24, 2.45) is 10.9 Å². The van der Waals surface area contributed by atoms with E-state index in [1.807, 2.05) is 60.9 Å². The Morgan fingerprint density at radius 3 is 2.52 bits per heavy atom. The Balaban J connectivity index is 1.46. The van der Waals surface area contributed by atoms with Gasteiger partial charge < -0.3 is 15.0 Å². The Morgan fingerprint density at radius 1 is 1.09 bits per heavy atom. The van der Waals surface area contributed by atoms with E-state index in [1.165, 1.54) is 12.8 Å². The molecule has 2 aromatic carbocycles. The second-order valence-electron chi connectivity index (χ2n) is 9.18. The molecule has 5 rings (SSSR count). The number of nitrogens with one attached hydrogen (secondary N) is 1. The molecule has 174 valence electrons. The van der Waals surface area contributed by atoms with Crippen LogP contribution in [0.2, 0.25) is 5.02 Å². The Kier molecular flexibility index (Phi) is 6.67. The Bertz CT molecular complexity index is 974. The number of amides is 1. The molecule has 0 unspecified atom stereocenters. The minimum absolute atomic E-state index is 0.0588. The van der Waals surface area contributed by atoms with Crippen molar-refractivity contribution in [2.45, 2.75) is 24.4 Å². The summed E-state index contributed by atoms with van der Waals surface area (Å²) in [4.78, 5) is 23.5. The highest BCUT2D eigenvalue weighted by molar-refractivity contribution is 6.30. The van der Waals surface area contributed by atoms with Crippen molar-refractivity contribution >= 4 is 23.8 Å². The van der Waals surface area contributed by atoms with E-state index in [9.17, 15) is 4.79 Å². The highest BCUT2D eigenvalue weighted by Gasteiger charge is 2.53. The van der Waals surface area contributed by atoms with Gasteiger partial charge >= 0.3 is 0 Å². The van der Waals surface area contributed by atoms with Crippen molar-refractivity contribution in [3.05, 3.63) is 70.7 Å². The standard InChI is InChI=1S/C26H31ClN4O2/c27-23-10-8-21(9-11-23)24-26(22-4-2-1-3-5-22,29-19-31(24)18-20-6-7-20)25(32)28-12-13-30-14-16-33-17-15-30/h1-5,8-11,19-20,24H,6-7,12-18H2,(H,28,32)/t24-,26+/m0/s1. The van der Waals surface area contributed by atoms with Crippen molar-refractivity contribution in [3.8, 4) is 0 Å². The molecular formula is C26H31ClN4O2. The number of hydrogen-bond donors (Lipinski definition) is 1. The summed E-state index contributed by atoms with van der Waals surface area (Å²) in [6, 6.07) is 17.6. The Morgan fingerprint density at radius 2 is 1.82 bits per heavy atom. The maximum atomic E-state index is 14.0. The van der Waals surface area contributed by atoms with Gasteiger partial charge in [0.2, 0.25) is 0 Å². The molecule has 2 atom stereocenters. The molecule has 0 radical (unpaired) electrons. The molecule has 1 amide bonds. The first-order valence-electron chi connectivity index (χ1n) is 11.9. The smallest absolute Gasteiger partial charge is 0.255 e. The average molecular weight is 467 g/mol. The van der Waals surface area contributed by atoms with Gasteiger partial charge in [0.25, 0.3) is 5.91 Å². The molecule has 3 aliphatic rings. The molecule has 6 nitrogen and oxygen atoms in total. The number of ether oxygens (including phenoxy) is 1. The summed E-state index contributed by atoms with van der Waals surface area (Å²) in [5, 5.41) is 3.91. The van der Waals surface area contributed by atoms with Crippen LogP contribution in [0, 0.1) is 5.92 Å². The van der Waals surface area contributed by atoms with E-state index < -0.39 is 5.54 Å². The number of hydrogen-bond acceptors (Lipinski definition) is 5. The lowest BCUT2D eigenvalue weighted by Gasteiger charge is -2.37. The number of benzene rings is 2. The molecule has 0 bridgehead atoms. The minimum atomic E-state index is -1.05. The number of aliphatic imine (C=N–C) groups is 1. The Hall–Kier alpha value is -2.41. The van der Waals surface area contributed by atoms with Crippen LogP contribution >= 0.6 is 11.6 Å². The quantitative estimate of drug-likeness (QED) is 0.647. The maximum Gasteiger partial charge on any atom is 0.255 e. The normalized spacial score (nSPS) is 25.4. The molecule has 2 aromatic rings. The topological polar surface area (TPSA) is 57.2 Å². The summed E-state index contributed by atoms with van der Waals surface area (Å²) in [6.07, 6.45) is 4.37. The molecule has 1 aliphatic carbocycles. The fourth-order valence-electron chi connectivity index (χ4n) is 4.90. The molecule has 2 aliphatic heterocycles. The number of carbonyl (C=O) groups excluding carboxylic acids is 1. The van der Waals surface area contributed by atoms with Gasteiger partial charge in [0.1, 0.15) is 0 Å². The van der Waals surface area contributed by atoms with Crippen molar-refractivity contribution in [3.63, 3.8) is 0 Å². The lowest BCUT2D eigenvalue weighted by molar-refractivity contribution is -0.128. The van der Waals surface area contributed by atoms with Crippen LogP contribution in [0.5, 0.6) is 0 Å². The van der Waals surface area contributed by atoms with Crippen molar-refractivity contribution in [2.75, 3.05) is 45.9 Å². The van der Waals surface area contributed by atoms with Gasteiger partial charge in [0.15, 0.2) is 5.54 Å². The van der Waals surface area contributed by atoms with E-state index in [0.717, 1.165) is 50.5 Å². The van der Waals surface area contributed by atoms with Gasteiger partial charge in [-0.2, -0.15) is 0 Å². The fraction of sp³-hybridized carbons (Fsp3) is 0.462. The van der Waals surface area contributed by atoms with Gasteiger partial charge in [-0.25, -0.2) is 0 Å². The van der Waals surface area contributed by atoms with E-state index in [-0.39, 0.29) is 11.9 Å². The van der Waals surface area contributed by atoms with E-state index in [1.54, 1.807) is 0 Å². The van der Waals surface area contributed by atoms with Gasteiger partial charge in [-0.15, -0.1) is 0 Å². The van der Waals surface area contributed by atoms with Gasteiger partial charge in [-0.1, -0.05) is 54.1 Å². The highest BCUT2D eigenvalue weighted by atomic mass is 35.5. The average Bonchev–Trinajstić information content (AvgIpc) is 3.59. The number of rotatable bonds is 8. The van der Waals surface area contributed by atoms with Crippen molar-refractivity contribution < 1.29 is 9.53 Å². The van der Waals surface area contributed by atoms with Crippen LogP contribution in [0.25, 0.3) is 0 Å². The van der Waals surface area contributed by atoms with Crippen molar-refractivity contribution in [1.82, 2.24) is 15.1 Å². The summed E-state index contributed by atoms with van der Waals surface area (Å²) < 4.78 is 5.44. The molecular weight excluding hydrogens is 436 g/mol.